The molecule has 0 bridgehead atoms. The van der Waals surface area contributed by atoms with Crippen LogP contribution in [-0.2, 0) is 4.79 Å². The topological polar surface area (TPSA) is 102 Å². The molecule has 37 heavy (non-hydrogen) atoms. The van der Waals surface area contributed by atoms with E-state index in [4.69, 9.17) is 5.73 Å². The van der Waals surface area contributed by atoms with Crippen molar-refractivity contribution in [3.63, 3.8) is 0 Å². The molecular formula is C28H27F2N5O2. The first kappa shape index (κ1) is 25.8. The number of ketones is 1. The number of aliphatic imine (C=N–C) groups is 1. The summed E-state index contributed by atoms with van der Waals surface area (Å²) >= 11 is 0. The lowest BCUT2D eigenvalue weighted by atomic mass is 9.85. The van der Waals surface area contributed by atoms with Crippen LogP contribution >= 0.6 is 0 Å². The first-order valence-electron chi connectivity index (χ1n) is 11.8. The maximum atomic E-state index is 15.4. The Balaban J connectivity index is 1.69. The Morgan fingerprint density at radius 3 is 2.59 bits per heavy atom. The fourth-order valence-corrected chi connectivity index (χ4v) is 4.77. The molecule has 2 unspecified atom stereocenters. The van der Waals surface area contributed by atoms with Gasteiger partial charge in [-0.25, -0.2) is 18.7 Å². The molecule has 9 heteroatoms. The van der Waals surface area contributed by atoms with Crippen LogP contribution in [0.3, 0.4) is 0 Å². The molecule has 1 aliphatic heterocycles. The van der Waals surface area contributed by atoms with Crippen LogP contribution in [0.15, 0.2) is 66.4 Å². The largest absolute Gasteiger partial charge is 0.383 e. The number of carbonyl (C=O) groups excluding carboxylic acids is 2. The number of benzene rings is 2. The van der Waals surface area contributed by atoms with Crippen LogP contribution < -0.4 is 5.73 Å². The third-order valence-corrected chi connectivity index (χ3v) is 6.82. The minimum Gasteiger partial charge on any atom is -0.383 e. The van der Waals surface area contributed by atoms with Crippen molar-refractivity contribution in [3.8, 4) is 0 Å². The van der Waals surface area contributed by atoms with Gasteiger partial charge in [0.15, 0.2) is 5.78 Å². The monoisotopic (exact) mass is 503 g/mol. The van der Waals surface area contributed by atoms with E-state index in [-0.39, 0.29) is 46.0 Å². The highest BCUT2D eigenvalue weighted by Gasteiger charge is 2.33. The van der Waals surface area contributed by atoms with E-state index in [1.807, 2.05) is 6.92 Å². The minimum atomic E-state index is -0.715. The molecule has 0 spiro atoms. The predicted molar refractivity (Wildman–Crippen MR) is 138 cm³/mol. The zero-order chi connectivity index (χ0) is 26.7. The van der Waals surface area contributed by atoms with Gasteiger partial charge in [-0.2, -0.15) is 0 Å². The fourth-order valence-electron chi connectivity index (χ4n) is 4.77. The molecule has 1 saturated heterocycles. The van der Waals surface area contributed by atoms with Crippen molar-refractivity contribution >= 4 is 23.2 Å². The molecule has 4 rings (SSSR count). The van der Waals surface area contributed by atoms with Crippen LogP contribution in [0.4, 0.5) is 14.6 Å². The van der Waals surface area contributed by atoms with Crippen molar-refractivity contribution in [2.24, 2.45) is 10.9 Å². The highest BCUT2D eigenvalue weighted by Crippen LogP contribution is 2.35. The summed E-state index contributed by atoms with van der Waals surface area (Å²) in [5, 5.41) is 0. The number of hydrogen-bond acceptors (Lipinski definition) is 6. The molecule has 0 radical (unpaired) electrons. The zero-order valence-corrected chi connectivity index (χ0v) is 20.6. The Labute approximate surface area is 213 Å². The smallest absolute Gasteiger partial charge is 0.245 e. The molecular weight excluding hydrogens is 476 g/mol. The molecule has 2 atom stereocenters. The second-order valence-corrected chi connectivity index (χ2v) is 8.92. The lowest BCUT2D eigenvalue weighted by Crippen LogP contribution is -2.28. The van der Waals surface area contributed by atoms with Gasteiger partial charge in [-0.1, -0.05) is 31.7 Å². The van der Waals surface area contributed by atoms with Gasteiger partial charge in [0.2, 0.25) is 5.91 Å². The number of anilines is 1. The van der Waals surface area contributed by atoms with Gasteiger partial charge in [-0.3, -0.25) is 14.6 Å². The first-order valence-corrected chi connectivity index (χ1v) is 11.8. The fraction of sp³-hybridized carbons (Fsp3) is 0.250. The van der Waals surface area contributed by atoms with E-state index in [1.165, 1.54) is 49.8 Å². The second-order valence-electron chi connectivity index (χ2n) is 8.92. The number of likely N-dealkylation sites (tertiary alicyclic amines) is 1. The number of nitrogens with two attached hydrogens (primary N) is 1. The van der Waals surface area contributed by atoms with Crippen molar-refractivity contribution in [2.45, 2.75) is 19.3 Å². The van der Waals surface area contributed by atoms with Crippen LogP contribution in [0.25, 0.3) is 0 Å². The van der Waals surface area contributed by atoms with Crippen LogP contribution in [0.1, 0.15) is 52.0 Å². The maximum absolute atomic E-state index is 15.4. The highest BCUT2D eigenvalue weighted by molar-refractivity contribution is 6.17. The second kappa shape index (κ2) is 10.8. The highest BCUT2D eigenvalue weighted by atomic mass is 19.1. The van der Waals surface area contributed by atoms with E-state index < -0.39 is 17.4 Å². The molecule has 2 N–H and O–H groups in total. The average Bonchev–Trinajstić information content (AvgIpc) is 3.40. The summed E-state index contributed by atoms with van der Waals surface area (Å²) in [4.78, 5) is 39.5. The molecule has 0 aliphatic carbocycles. The maximum Gasteiger partial charge on any atom is 0.245 e. The van der Waals surface area contributed by atoms with E-state index in [2.05, 4.69) is 21.5 Å². The van der Waals surface area contributed by atoms with Crippen molar-refractivity contribution in [3.05, 3.63) is 101 Å². The molecule has 1 amide bonds. The SMILES string of the molecule is C=CC(=O)N1CCC(C(C)c2ncnc(N)c2C(=NC)c2ccc(C(=O)c3ccccc3F)cc2F)C1. The summed E-state index contributed by atoms with van der Waals surface area (Å²) in [5.74, 6) is -2.05. The molecule has 1 fully saturated rings. The van der Waals surface area contributed by atoms with Gasteiger partial charge >= 0.3 is 0 Å². The van der Waals surface area contributed by atoms with Crippen molar-refractivity contribution in [2.75, 3.05) is 25.9 Å². The van der Waals surface area contributed by atoms with Crippen molar-refractivity contribution in [1.29, 1.82) is 0 Å². The van der Waals surface area contributed by atoms with Gasteiger partial charge in [-0.05, 0) is 42.7 Å². The Bertz CT molecular complexity index is 1410. The van der Waals surface area contributed by atoms with Gasteiger partial charge in [0.05, 0.1) is 22.5 Å². The van der Waals surface area contributed by atoms with Gasteiger partial charge < -0.3 is 10.6 Å². The summed E-state index contributed by atoms with van der Waals surface area (Å²) in [5.41, 5.74) is 7.46. The van der Waals surface area contributed by atoms with Crippen LogP contribution in [0, 0.1) is 17.6 Å². The lowest BCUT2D eigenvalue weighted by molar-refractivity contribution is -0.125. The molecule has 2 aromatic carbocycles. The first-order chi connectivity index (χ1) is 17.8. The lowest BCUT2D eigenvalue weighted by Gasteiger charge is -2.23. The normalized spacial score (nSPS) is 16.5. The Kier molecular flexibility index (Phi) is 7.52. The third kappa shape index (κ3) is 5.02. The number of halogens is 2. The molecule has 0 saturated carbocycles. The average molecular weight is 504 g/mol. The zero-order valence-electron chi connectivity index (χ0n) is 20.6. The van der Waals surface area contributed by atoms with E-state index in [0.717, 1.165) is 12.5 Å². The van der Waals surface area contributed by atoms with E-state index in [9.17, 15) is 14.0 Å². The summed E-state index contributed by atoms with van der Waals surface area (Å²) in [6, 6.07) is 9.46. The van der Waals surface area contributed by atoms with Crippen LogP contribution in [0.5, 0.6) is 0 Å². The van der Waals surface area contributed by atoms with Gasteiger partial charge in [0.1, 0.15) is 23.8 Å². The Morgan fingerprint density at radius 1 is 1.16 bits per heavy atom. The van der Waals surface area contributed by atoms with E-state index in [0.29, 0.717) is 24.3 Å². The van der Waals surface area contributed by atoms with E-state index >= 15 is 4.39 Å². The molecule has 7 nitrogen and oxygen atoms in total. The number of amides is 1. The predicted octanol–water partition coefficient (Wildman–Crippen LogP) is 4.17. The minimum absolute atomic E-state index is 0.00520. The standard InChI is InChI=1S/C28H27F2N5O2/c1-4-23(36)35-12-11-18(14-35)16(2)25-24(28(31)34-15-33-25)26(32-3)19-10-9-17(13-22(19)30)27(37)20-7-5-6-8-21(20)29/h4-10,13,15-16,18H,1,11-12,14H2,2-3H3,(H2,31,33,34). The summed E-state index contributed by atoms with van der Waals surface area (Å²) in [6.07, 6.45) is 3.42. The third-order valence-electron chi connectivity index (χ3n) is 6.82. The van der Waals surface area contributed by atoms with Gasteiger partial charge in [0, 0.05) is 37.2 Å². The number of aromatic nitrogens is 2. The number of nitrogen functional groups attached to an aromatic ring is 1. The van der Waals surface area contributed by atoms with Crippen LogP contribution in [0.2, 0.25) is 0 Å². The molecule has 2 heterocycles. The number of hydrogen-bond donors (Lipinski definition) is 1. The summed E-state index contributed by atoms with van der Waals surface area (Å²) in [7, 11) is 1.51. The van der Waals surface area contributed by atoms with Crippen LogP contribution in [-0.4, -0.2) is 52.4 Å². The quantitative estimate of drug-likeness (QED) is 0.296. The molecule has 1 aromatic heterocycles. The molecule has 1 aliphatic rings. The Hall–Kier alpha value is -4.27. The summed E-state index contributed by atoms with van der Waals surface area (Å²) < 4.78 is 29.5. The van der Waals surface area contributed by atoms with E-state index in [1.54, 1.807) is 11.0 Å². The molecule has 3 aromatic rings. The number of rotatable bonds is 7. The molecule has 190 valence electrons. The van der Waals surface area contributed by atoms with Crippen molar-refractivity contribution < 1.29 is 18.4 Å². The Morgan fingerprint density at radius 2 is 1.92 bits per heavy atom. The van der Waals surface area contributed by atoms with Gasteiger partial charge in [-0.15, -0.1) is 0 Å². The van der Waals surface area contributed by atoms with Crippen molar-refractivity contribution in [1.82, 2.24) is 14.9 Å². The van der Waals surface area contributed by atoms with Gasteiger partial charge in [0.25, 0.3) is 0 Å². The number of carbonyl (C=O) groups is 2. The summed E-state index contributed by atoms with van der Waals surface area (Å²) in [6.45, 7) is 6.68. The number of nitrogens with zero attached hydrogens (tertiary/aromatic N) is 4.